The van der Waals surface area contributed by atoms with Crippen LogP contribution in [0.2, 0.25) is 0 Å². The van der Waals surface area contributed by atoms with Crippen LogP contribution in [0.25, 0.3) is 11.4 Å². The van der Waals surface area contributed by atoms with E-state index in [0.717, 1.165) is 24.2 Å². The van der Waals surface area contributed by atoms with Gasteiger partial charge in [-0.1, -0.05) is 23.4 Å². The van der Waals surface area contributed by atoms with E-state index in [9.17, 15) is 4.79 Å². The van der Waals surface area contributed by atoms with Crippen LogP contribution in [0.5, 0.6) is 11.5 Å². The molecule has 30 heavy (non-hydrogen) atoms. The summed E-state index contributed by atoms with van der Waals surface area (Å²) in [5, 5.41) is 7.04. The number of hydrogen-bond donors (Lipinski definition) is 1. The number of anilines is 1. The van der Waals surface area contributed by atoms with Crippen molar-refractivity contribution in [1.29, 1.82) is 0 Å². The van der Waals surface area contributed by atoms with Gasteiger partial charge in [-0.3, -0.25) is 0 Å². The van der Waals surface area contributed by atoms with E-state index in [1.165, 1.54) is 0 Å². The number of hydrogen-bond acceptors (Lipinski definition) is 6. The average Bonchev–Trinajstić information content (AvgIpc) is 3.30. The first-order chi connectivity index (χ1) is 14.7. The van der Waals surface area contributed by atoms with Crippen LogP contribution in [0.15, 0.2) is 53.1 Å². The number of carbonyl (C=O) groups excluding carboxylic acids is 1. The molecule has 0 radical (unpaired) electrons. The Balaban J connectivity index is 1.35. The van der Waals surface area contributed by atoms with Crippen molar-refractivity contribution < 1.29 is 18.8 Å². The maximum atomic E-state index is 12.6. The van der Waals surface area contributed by atoms with Crippen molar-refractivity contribution in [3.63, 3.8) is 0 Å². The summed E-state index contributed by atoms with van der Waals surface area (Å²) in [4.78, 5) is 18.9. The van der Waals surface area contributed by atoms with Crippen LogP contribution in [0.4, 0.5) is 10.5 Å². The summed E-state index contributed by atoms with van der Waals surface area (Å²) >= 11 is 0. The summed E-state index contributed by atoms with van der Waals surface area (Å²) < 4.78 is 16.0. The molecule has 0 atom stereocenters. The summed E-state index contributed by atoms with van der Waals surface area (Å²) in [6.45, 7) is 1.24. The van der Waals surface area contributed by atoms with E-state index in [-0.39, 0.29) is 11.9 Å². The maximum absolute atomic E-state index is 12.6. The predicted molar refractivity (Wildman–Crippen MR) is 112 cm³/mol. The van der Waals surface area contributed by atoms with Gasteiger partial charge in [0.1, 0.15) is 11.5 Å². The maximum Gasteiger partial charge on any atom is 0.321 e. The molecule has 2 heterocycles. The zero-order valence-corrected chi connectivity index (χ0v) is 17.0. The fraction of sp³-hybridized carbons (Fsp3) is 0.318. The Morgan fingerprint density at radius 3 is 2.50 bits per heavy atom. The Morgan fingerprint density at radius 2 is 1.77 bits per heavy atom. The Labute approximate surface area is 174 Å². The monoisotopic (exact) mass is 408 g/mol. The van der Waals surface area contributed by atoms with Crippen molar-refractivity contribution in [1.82, 2.24) is 15.0 Å². The highest BCUT2D eigenvalue weighted by atomic mass is 16.5. The van der Waals surface area contributed by atoms with Crippen molar-refractivity contribution in [3.05, 3.63) is 54.4 Å². The second-order valence-electron chi connectivity index (χ2n) is 7.11. The zero-order chi connectivity index (χ0) is 20.9. The van der Waals surface area contributed by atoms with Crippen LogP contribution in [0.1, 0.15) is 24.7 Å². The smallest absolute Gasteiger partial charge is 0.321 e. The highest BCUT2D eigenvalue weighted by Crippen LogP contribution is 2.29. The summed E-state index contributed by atoms with van der Waals surface area (Å²) in [6, 6.07) is 14.8. The molecule has 1 aliphatic heterocycles. The summed E-state index contributed by atoms with van der Waals surface area (Å²) in [6.07, 6.45) is 1.54. The van der Waals surface area contributed by atoms with Crippen LogP contribution in [-0.4, -0.2) is 48.4 Å². The molecule has 156 valence electrons. The number of benzene rings is 2. The lowest BCUT2D eigenvalue weighted by molar-refractivity contribution is 0.187. The van der Waals surface area contributed by atoms with Gasteiger partial charge in [0.25, 0.3) is 0 Å². The van der Waals surface area contributed by atoms with Crippen LogP contribution >= 0.6 is 0 Å². The van der Waals surface area contributed by atoms with Gasteiger partial charge < -0.3 is 24.2 Å². The number of nitrogens with zero attached hydrogens (tertiary/aromatic N) is 3. The number of nitrogens with one attached hydrogen (secondary N) is 1. The molecule has 8 nitrogen and oxygen atoms in total. The molecule has 1 aliphatic rings. The molecule has 0 aliphatic carbocycles. The van der Waals surface area contributed by atoms with E-state index in [0.29, 0.717) is 36.2 Å². The third kappa shape index (κ3) is 4.37. The Kier molecular flexibility index (Phi) is 5.83. The standard InChI is InChI=1S/C22H24N4O4/c1-28-18-7-3-5-16(13-18)20-24-21(30-25-20)15-9-11-26(12-10-15)22(27)23-17-6-4-8-19(14-17)29-2/h3-8,13-15H,9-12H2,1-2H3,(H,23,27). The van der Waals surface area contributed by atoms with Gasteiger partial charge in [-0.15, -0.1) is 0 Å². The fourth-order valence-corrected chi connectivity index (χ4v) is 3.51. The number of rotatable bonds is 5. The van der Waals surface area contributed by atoms with E-state index in [2.05, 4.69) is 15.5 Å². The number of methoxy groups -OCH3 is 2. The normalized spacial score (nSPS) is 14.4. The molecule has 0 saturated carbocycles. The second-order valence-corrected chi connectivity index (χ2v) is 7.11. The van der Waals surface area contributed by atoms with E-state index in [1.54, 1.807) is 25.2 Å². The SMILES string of the molecule is COc1cccc(NC(=O)N2CCC(c3nc(-c4cccc(OC)c4)no3)CC2)c1. The highest BCUT2D eigenvalue weighted by molar-refractivity contribution is 5.89. The van der Waals surface area contributed by atoms with E-state index in [4.69, 9.17) is 14.0 Å². The van der Waals surface area contributed by atoms with Crippen LogP contribution in [0, 0.1) is 0 Å². The lowest BCUT2D eigenvalue weighted by atomic mass is 9.97. The third-order valence-electron chi connectivity index (χ3n) is 5.22. The zero-order valence-electron chi connectivity index (χ0n) is 17.0. The predicted octanol–water partition coefficient (Wildman–Crippen LogP) is 4.17. The molecule has 2 aromatic carbocycles. The highest BCUT2D eigenvalue weighted by Gasteiger charge is 2.27. The minimum atomic E-state index is -0.121. The van der Waals surface area contributed by atoms with Crippen molar-refractivity contribution in [2.24, 2.45) is 0 Å². The minimum absolute atomic E-state index is 0.121. The van der Waals surface area contributed by atoms with Crippen molar-refractivity contribution in [2.45, 2.75) is 18.8 Å². The summed E-state index contributed by atoms with van der Waals surface area (Å²) in [5.74, 6) is 2.74. The Bertz CT molecular complexity index is 1010. The van der Waals surface area contributed by atoms with E-state index in [1.807, 2.05) is 42.5 Å². The van der Waals surface area contributed by atoms with Crippen LogP contribution in [0.3, 0.4) is 0 Å². The number of carbonyl (C=O) groups is 1. The Morgan fingerprint density at radius 1 is 1.07 bits per heavy atom. The topological polar surface area (TPSA) is 89.7 Å². The average molecular weight is 408 g/mol. The van der Waals surface area contributed by atoms with Gasteiger partial charge in [-0.05, 0) is 37.1 Å². The van der Waals surface area contributed by atoms with Gasteiger partial charge in [0.2, 0.25) is 11.7 Å². The molecule has 0 spiro atoms. The lowest BCUT2D eigenvalue weighted by Crippen LogP contribution is -2.40. The molecule has 0 bridgehead atoms. The molecule has 0 unspecified atom stereocenters. The first-order valence-corrected chi connectivity index (χ1v) is 9.84. The summed E-state index contributed by atoms with van der Waals surface area (Å²) in [7, 11) is 3.22. The van der Waals surface area contributed by atoms with Crippen molar-refractivity contribution >= 4 is 11.7 Å². The molecule has 2 amide bonds. The van der Waals surface area contributed by atoms with Crippen molar-refractivity contribution in [2.75, 3.05) is 32.6 Å². The number of ether oxygens (including phenoxy) is 2. The Hall–Kier alpha value is -3.55. The quantitative estimate of drug-likeness (QED) is 0.682. The molecule has 3 aromatic rings. The lowest BCUT2D eigenvalue weighted by Gasteiger charge is -2.30. The first kappa shape index (κ1) is 19.8. The van der Waals surface area contributed by atoms with Gasteiger partial charge in [0, 0.05) is 36.3 Å². The van der Waals surface area contributed by atoms with Gasteiger partial charge in [0.15, 0.2) is 0 Å². The minimum Gasteiger partial charge on any atom is -0.497 e. The van der Waals surface area contributed by atoms with Crippen LogP contribution in [-0.2, 0) is 0 Å². The van der Waals surface area contributed by atoms with Gasteiger partial charge >= 0.3 is 6.03 Å². The number of urea groups is 1. The molecular formula is C22H24N4O4. The summed E-state index contributed by atoms with van der Waals surface area (Å²) in [5.41, 5.74) is 1.56. The largest absolute Gasteiger partial charge is 0.497 e. The molecule has 4 rings (SSSR count). The van der Waals surface area contributed by atoms with Crippen LogP contribution < -0.4 is 14.8 Å². The fourth-order valence-electron chi connectivity index (χ4n) is 3.51. The van der Waals surface area contributed by atoms with Gasteiger partial charge in [-0.25, -0.2) is 4.79 Å². The van der Waals surface area contributed by atoms with Gasteiger partial charge in [-0.2, -0.15) is 4.98 Å². The molecule has 1 N–H and O–H groups in total. The second kappa shape index (κ2) is 8.86. The number of amides is 2. The number of piperidine rings is 1. The molecular weight excluding hydrogens is 384 g/mol. The molecule has 8 heteroatoms. The first-order valence-electron chi connectivity index (χ1n) is 9.84. The third-order valence-corrected chi connectivity index (χ3v) is 5.22. The molecule has 1 fully saturated rings. The van der Waals surface area contributed by atoms with E-state index < -0.39 is 0 Å². The number of likely N-dealkylation sites (tertiary alicyclic amines) is 1. The number of aromatic nitrogens is 2. The molecule has 1 saturated heterocycles. The molecule has 1 aromatic heterocycles. The van der Waals surface area contributed by atoms with Gasteiger partial charge in [0.05, 0.1) is 14.2 Å². The van der Waals surface area contributed by atoms with E-state index >= 15 is 0 Å². The van der Waals surface area contributed by atoms with Crippen molar-refractivity contribution in [3.8, 4) is 22.9 Å².